The topological polar surface area (TPSA) is 64.6 Å². The number of carbonyl (C=O) groups is 2. The van der Waals surface area contributed by atoms with Gasteiger partial charge >= 0.3 is 5.97 Å². The van der Waals surface area contributed by atoms with E-state index in [1.165, 1.54) is 6.92 Å². The van der Waals surface area contributed by atoms with Crippen molar-refractivity contribution in [3.05, 3.63) is 29.8 Å². The van der Waals surface area contributed by atoms with Crippen LogP contribution in [0.4, 0.5) is 0 Å². The Morgan fingerprint density at radius 3 is 2.33 bits per heavy atom. The maximum Gasteiger partial charge on any atom is 0.323 e. The van der Waals surface area contributed by atoms with Gasteiger partial charge in [0, 0.05) is 12.5 Å². The van der Waals surface area contributed by atoms with E-state index >= 15 is 0 Å². The van der Waals surface area contributed by atoms with Crippen LogP contribution >= 0.6 is 0 Å². The normalized spacial score (nSPS) is 13.3. The van der Waals surface area contributed by atoms with Gasteiger partial charge in [-0.1, -0.05) is 19.1 Å². The molecule has 0 aliphatic heterocycles. The number of rotatable bonds is 8. The molecule has 21 heavy (non-hydrogen) atoms. The minimum atomic E-state index is -0.635. The first-order valence-electron chi connectivity index (χ1n) is 7.03. The molecule has 0 heterocycles. The largest absolute Gasteiger partial charge is 0.497 e. The fourth-order valence-corrected chi connectivity index (χ4v) is 1.90. The van der Waals surface area contributed by atoms with Crippen molar-refractivity contribution in [3.8, 4) is 5.75 Å². The van der Waals surface area contributed by atoms with Gasteiger partial charge in [-0.05, 0) is 31.5 Å². The highest BCUT2D eigenvalue weighted by Gasteiger charge is 2.28. The third-order valence-electron chi connectivity index (χ3n) is 3.37. The van der Waals surface area contributed by atoms with Gasteiger partial charge < -0.3 is 9.47 Å². The SMILES string of the molecule is CCOC(=O)C(NCc1ccc(OC)cc1)C(C)C(C)=O. The summed E-state index contributed by atoms with van der Waals surface area (Å²) in [5.41, 5.74) is 1.00. The summed E-state index contributed by atoms with van der Waals surface area (Å²) < 4.78 is 10.1. The summed E-state index contributed by atoms with van der Waals surface area (Å²) in [4.78, 5) is 23.5. The Morgan fingerprint density at radius 2 is 1.86 bits per heavy atom. The Hall–Kier alpha value is -1.88. The van der Waals surface area contributed by atoms with E-state index in [2.05, 4.69) is 5.32 Å². The van der Waals surface area contributed by atoms with Crippen molar-refractivity contribution in [2.24, 2.45) is 5.92 Å². The third-order valence-corrected chi connectivity index (χ3v) is 3.37. The number of carbonyl (C=O) groups excluding carboxylic acids is 2. The molecule has 1 aromatic rings. The van der Waals surface area contributed by atoms with E-state index in [0.717, 1.165) is 11.3 Å². The smallest absolute Gasteiger partial charge is 0.323 e. The van der Waals surface area contributed by atoms with Crippen LogP contribution in [0.1, 0.15) is 26.3 Å². The molecule has 0 bridgehead atoms. The Kier molecular flexibility index (Phi) is 6.88. The molecular formula is C16H23NO4. The second kappa shape index (κ2) is 8.42. The van der Waals surface area contributed by atoms with Gasteiger partial charge in [0.05, 0.1) is 13.7 Å². The third kappa shape index (κ3) is 5.19. The average molecular weight is 293 g/mol. The van der Waals surface area contributed by atoms with Crippen LogP contribution in [0.25, 0.3) is 0 Å². The van der Waals surface area contributed by atoms with E-state index in [1.54, 1.807) is 21.0 Å². The molecular weight excluding hydrogens is 270 g/mol. The van der Waals surface area contributed by atoms with Gasteiger partial charge in [0.15, 0.2) is 0 Å². The van der Waals surface area contributed by atoms with Gasteiger partial charge in [0.1, 0.15) is 17.6 Å². The summed E-state index contributed by atoms with van der Waals surface area (Å²) in [7, 11) is 1.61. The number of esters is 1. The minimum absolute atomic E-state index is 0.0460. The quantitative estimate of drug-likeness (QED) is 0.742. The van der Waals surface area contributed by atoms with Crippen molar-refractivity contribution >= 4 is 11.8 Å². The van der Waals surface area contributed by atoms with E-state index in [4.69, 9.17) is 9.47 Å². The lowest BCUT2D eigenvalue weighted by atomic mass is 9.97. The highest BCUT2D eigenvalue weighted by Crippen LogP contribution is 2.13. The van der Waals surface area contributed by atoms with E-state index < -0.39 is 17.9 Å². The van der Waals surface area contributed by atoms with Crippen LogP contribution in [-0.2, 0) is 20.9 Å². The number of nitrogens with one attached hydrogen (secondary N) is 1. The zero-order chi connectivity index (χ0) is 15.8. The molecule has 0 amide bonds. The maximum absolute atomic E-state index is 12.0. The zero-order valence-electron chi connectivity index (χ0n) is 13.0. The predicted octanol–water partition coefficient (Wildman–Crippen LogP) is 1.94. The number of Topliss-reactive ketones (excluding diaryl/α,β-unsaturated/α-hetero) is 1. The monoisotopic (exact) mass is 293 g/mol. The second-order valence-electron chi connectivity index (χ2n) is 4.86. The first-order chi connectivity index (χ1) is 9.99. The van der Waals surface area contributed by atoms with Crippen molar-refractivity contribution in [1.29, 1.82) is 0 Å². The van der Waals surface area contributed by atoms with Gasteiger partial charge in [0.2, 0.25) is 0 Å². The number of hydrogen-bond acceptors (Lipinski definition) is 5. The molecule has 116 valence electrons. The summed E-state index contributed by atoms with van der Waals surface area (Å²) in [6, 6.07) is 6.89. The lowest BCUT2D eigenvalue weighted by molar-refractivity contribution is -0.148. The summed E-state index contributed by atoms with van der Waals surface area (Å²) in [5, 5.41) is 3.10. The Balaban J connectivity index is 2.71. The van der Waals surface area contributed by atoms with Crippen molar-refractivity contribution in [1.82, 2.24) is 5.32 Å². The predicted molar refractivity (Wildman–Crippen MR) is 80.1 cm³/mol. The van der Waals surface area contributed by atoms with Crippen molar-refractivity contribution in [3.63, 3.8) is 0 Å². The number of ether oxygens (including phenoxy) is 2. The first-order valence-corrected chi connectivity index (χ1v) is 7.03. The first kappa shape index (κ1) is 17.2. The molecule has 2 unspecified atom stereocenters. The standard InChI is InChI=1S/C16H23NO4/c1-5-21-16(19)15(11(2)12(3)18)17-10-13-6-8-14(20-4)9-7-13/h6-9,11,15,17H,5,10H2,1-4H3. The van der Waals surface area contributed by atoms with Crippen LogP contribution in [0.3, 0.4) is 0 Å². The molecule has 5 heteroatoms. The van der Waals surface area contributed by atoms with E-state index in [0.29, 0.717) is 13.2 Å². The summed E-state index contributed by atoms with van der Waals surface area (Å²) in [5.74, 6) is -0.0934. The van der Waals surface area contributed by atoms with Crippen molar-refractivity contribution in [2.75, 3.05) is 13.7 Å². The molecule has 1 rings (SSSR count). The van der Waals surface area contributed by atoms with Crippen molar-refractivity contribution < 1.29 is 19.1 Å². The van der Waals surface area contributed by atoms with E-state index in [9.17, 15) is 9.59 Å². The maximum atomic E-state index is 12.0. The fraction of sp³-hybridized carbons (Fsp3) is 0.500. The van der Waals surface area contributed by atoms with Crippen LogP contribution in [0, 0.1) is 5.92 Å². The van der Waals surface area contributed by atoms with Gasteiger partial charge in [-0.3, -0.25) is 14.9 Å². The summed E-state index contributed by atoms with van der Waals surface area (Å²) in [6.07, 6.45) is 0. The van der Waals surface area contributed by atoms with Gasteiger partial charge in [-0.25, -0.2) is 0 Å². The lowest BCUT2D eigenvalue weighted by Gasteiger charge is -2.21. The van der Waals surface area contributed by atoms with Crippen molar-refractivity contribution in [2.45, 2.75) is 33.4 Å². The van der Waals surface area contributed by atoms with E-state index in [-0.39, 0.29) is 5.78 Å². The number of benzene rings is 1. The van der Waals surface area contributed by atoms with Gasteiger partial charge in [0.25, 0.3) is 0 Å². The van der Waals surface area contributed by atoms with Crippen LogP contribution in [0.5, 0.6) is 5.75 Å². The van der Waals surface area contributed by atoms with Crippen LogP contribution in [0.15, 0.2) is 24.3 Å². The molecule has 0 spiro atoms. The molecule has 5 nitrogen and oxygen atoms in total. The molecule has 2 atom stereocenters. The van der Waals surface area contributed by atoms with Crippen LogP contribution in [-0.4, -0.2) is 31.5 Å². The van der Waals surface area contributed by atoms with Crippen LogP contribution in [0.2, 0.25) is 0 Å². The summed E-state index contributed by atoms with van der Waals surface area (Å²) in [6.45, 7) is 5.73. The molecule has 1 N–H and O–H groups in total. The molecule has 0 saturated heterocycles. The highest BCUT2D eigenvalue weighted by molar-refractivity contribution is 5.87. The molecule has 0 aliphatic carbocycles. The number of methoxy groups -OCH3 is 1. The lowest BCUT2D eigenvalue weighted by Crippen LogP contribution is -2.45. The van der Waals surface area contributed by atoms with Gasteiger partial charge in [-0.15, -0.1) is 0 Å². The molecule has 0 radical (unpaired) electrons. The molecule has 0 aromatic heterocycles. The van der Waals surface area contributed by atoms with E-state index in [1.807, 2.05) is 24.3 Å². The minimum Gasteiger partial charge on any atom is -0.497 e. The molecule has 0 aliphatic rings. The molecule has 0 saturated carbocycles. The van der Waals surface area contributed by atoms with Gasteiger partial charge in [-0.2, -0.15) is 0 Å². The highest BCUT2D eigenvalue weighted by atomic mass is 16.5. The average Bonchev–Trinajstić information content (AvgIpc) is 2.48. The Bertz CT molecular complexity index is 470. The zero-order valence-corrected chi connectivity index (χ0v) is 13.0. The molecule has 1 aromatic carbocycles. The number of ketones is 1. The second-order valence-corrected chi connectivity index (χ2v) is 4.86. The van der Waals surface area contributed by atoms with Crippen LogP contribution < -0.4 is 10.1 Å². The molecule has 0 fully saturated rings. The summed E-state index contributed by atoms with van der Waals surface area (Å²) >= 11 is 0. The fourth-order valence-electron chi connectivity index (χ4n) is 1.90. The Labute approximate surface area is 125 Å². The Morgan fingerprint density at radius 1 is 1.24 bits per heavy atom. The number of hydrogen-bond donors (Lipinski definition) is 1.